The molecule has 17 heavy (non-hydrogen) atoms. The molecular weight excluding hydrogens is 212 g/mol. The van der Waals surface area contributed by atoms with Gasteiger partial charge in [0.1, 0.15) is 11.0 Å². The maximum atomic E-state index is 4.11. The number of aromatic amines is 1. The van der Waals surface area contributed by atoms with Crippen molar-refractivity contribution < 1.29 is 0 Å². The molecule has 0 unspecified atom stereocenters. The van der Waals surface area contributed by atoms with Crippen LogP contribution < -0.4 is 5.32 Å². The fourth-order valence-electron chi connectivity index (χ4n) is 2.57. The van der Waals surface area contributed by atoms with Crippen LogP contribution >= 0.6 is 0 Å². The number of hydrogen-bond acceptors (Lipinski definition) is 3. The van der Waals surface area contributed by atoms with Gasteiger partial charge in [0.05, 0.1) is 0 Å². The van der Waals surface area contributed by atoms with Crippen molar-refractivity contribution in [2.45, 2.75) is 38.6 Å². The van der Waals surface area contributed by atoms with Crippen LogP contribution in [0, 0.1) is 5.92 Å². The first-order chi connectivity index (χ1) is 8.31. The van der Waals surface area contributed by atoms with Crippen LogP contribution in [0.3, 0.4) is 0 Å². The Kier molecular flexibility index (Phi) is 2.71. The summed E-state index contributed by atoms with van der Waals surface area (Å²) in [4.78, 5) is 0. The zero-order valence-electron chi connectivity index (χ0n) is 10.1. The molecule has 0 bridgehead atoms. The molecular formula is C13H18N4. The number of rotatable bonds is 2. The first-order valence-electron chi connectivity index (χ1n) is 6.38. The molecule has 0 atom stereocenters. The number of aromatic nitrogens is 3. The lowest BCUT2D eigenvalue weighted by Crippen LogP contribution is -2.25. The van der Waals surface area contributed by atoms with E-state index in [2.05, 4.69) is 39.8 Å². The summed E-state index contributed by atoms with van der Waals surface area (Å²) in [5.41, 5.74) is 3.01. The third-order valence-corrected chi connectivity index (χ3v) is 3.70. The fourth-order valence-corrected chi connectivity index (χ4v) is 2.57. The molecule has 0 saturated heterocycles. The summed E-state index contributed by atoms with van der Waals surface area (Å²) >= 11 is 0. The van der Waals surface area contributed by atoms with Gasteiger partial charge in [-0.2, -0.15) is 15.4 Å². The third-order valence-electron chi connectivity index (χ3n) is 3.70. The molecule has 2 aromatic rings. The third kappa shape index (κ3) is 2.25. The zero-order chi connectivity index (χ0) is 11.7. The Balaban J connectivity index is 1.71. The number of H-pyrrole nitrogens is 1. The molecule has 0 radical (unpaired) electrons. The lowest BCUT2D eigenvalue weighted by molar-refractivity contribution is 0.361. The van der Waals surface area contributed by atoms with E-state index in [9.17, 15) is 0 Å². The Morgan fingerprint density at radius 1 is 1.12 bits per heavy atom. The molecule has 1 aromatic heterocycles. The maximum absolute atomic E-state index is 4.11. The van der Waals surface area contributed by atoms with Crippen LogP contribution in [0.15, 0.2) is 18.2 Å². The number of nitrogens with one attached hydrogen (secondary N) is 2. The Morgan fingerprint density at radius 3 is 2.71 bits per heavy atom. The average molecular weight is 230 g/mol. The van der Waals surface area contributed by atoms with Crippen LogP contribution in [0.5, 0.6) is 0 Å². The van der Waals surface area contributed by atoms with Gasteiger partial charge in [-0.15, -0.1) is 0 Å². The second kappa shape index (κ2) is 4.35. The Labute approximate surface area is 101 Å². The van der Waals surface area contributed by atoms with Gasteiger partial charge in [0.15, 0.2) is 0 Å². The zero-order valence-corrected chi connectivity index (χ0v) is 10.1. The van der Waals surface area contributed by atoms with E-state index in [4.69, 9.17) is 0 Å². The number of hydrogen-bond donors (Lipinski definition) is 2. The van der Waals surface area contributed by atoms with Gasteiger partial charge in [-0.25, -0.2) is 0 Å². The summed E-state index contributed by atoms with van der Waals surface area (Å²) < 4.78 is 0. The van der Waals surface area contributed by atoms with Crippen molar-refractivity contribution >= 4 is 16.7 Å². The quantitative estimate of drug-likeness (QED) is 0.834. The number of nitrogens with zero attached hydrogens (tertiary/aromatic N) is 2. The van der Waals surface area contributed by atoms with Crippen molar-refractivity contribution in [1.82, 2.24) is 15.4 Å². The van der Waals surface area contributed by atoms with Crippen molar-refractivity contribution in [2.75, 3.05) is 5.32 Å². The van der Waals surface area contributed by atoms with Crippen LogP contribution in [0.2, 0.25) is 0 Å². The highest BCUT2D eigenvalue weighted by Crippen LogP contribution is 2.26. The molecule has 2 N–H and O–H groups in total. The molecule has 4 heteroatoms. The maximum Gasteiger partial charge on any atom is 0.115 e. The van der Waals surface area contributed by atoms with Crippen LogP contribution in [-0.2, 0) is 0 Å². The summed E-state index contributed by atoms with van der Waals surface area (Å²) in [6.07, 6.45) is 5.23. The molecule has 0 spiro atoms. The van der Waals surface area contributed by atoms with E-state index >= 15 is 0 Å². The molecule has 1 heterocycles. The van der Waals surface area contributed by atoms with Gasteiger partial charge in [0.2, 0.25) is 0 Å². The smallest absolute Gasteiger partial charge is 0.115 e. The summed E-state index contributed by atoms with van der Waals surface area (Å²) in [5, 5.41) is 14.4. The molecule has 1 aliphatic carbocycles. The van der Waals surface area contributed by atoms with E-state index in [0.717, 1.165) is 22.6 Å². The van der Waals surface area contributed by atoms with Crippen molar-refractivity contribution in [3.05, 3.63) is 18.2 Å². The Hall–Kier alpha value is -1.58. The summed E-state index contributed by atoms with van der Waals surface area (Å²) in [6.45, 7) is 2.34. The van der Waals surface area contributed by atoms with Gasteiger partial charge in [-0.1, -0.05) is 6.92 Å². The van der Waals surface area contributed by atoms with Crippen molar-refractivity contribution in [3.63, 3.8) is 0 Å². The minimum absolute atomic E-state index is 0.621. The fraction of sp³-hybridized carbons (Fsp3) is 0.538. The Bertz CT molecular complexity index is 497. The summed E-state index contributed by atoms with van der Waals surface area (Å²) in [7, 11) is 0. The average Bonchev–Trinajstić information content (AvgIpc) is 2.79. The minimum Gasteiger partial charge on any atom is -0.382 e. The highest BCUT2D eigenvalue weighted by Gasteiger charge is 2.17. The van der Waals surface area contributed by atoms with Gasteiger partial charge in [0.25, 0.3) is 0 Å². The van der Waals surface area contributed by atoms with Crippen LogP contribution in [0.4, 0.5) is 5.69 Å². The van der Waals surface area contributed by atoms with Gasteiger partial charge < -0.3 is 5.32 Å². The molecule has 0 aliphatic heterocycles. The van der Waals surface area contributed by atoms with E-state index in [-0.39, 0.29) is 0 Å². The summed E-state index contributed by atoms with van der Waals surface area (Å²) in [6, 6.07) is 6.78. The predicted octanol–water partition coefficient (Wildman–Crippen LogP) is 2.95. The number of fused-ring (bicyclic) bond motifs is 1. The highest BCUT2D eigenvalue weighted by atomic mass is 15.3. The number of benzene rings is 1. The van der Waals surface area contributed by atoms with E-state index < -0.39 is 0 Å². The predicted molar refractivity (Wildman–Crippen MR) is 68.9 cm³/mol. The van der Waals surface area contributed by atoms with E-state index in [1.807, 2.05) is 6.07 Å². The Morgan fingerprint density at radius 2 is 1.88 bits per heavy atom. The molecule has 1 fully saturated rings. The molecule has 3 rings (SSSR count). The molecule has 4 nitrogen and oxygen atoms in total. The molecule has 1 aliphatic rings. The lowest BCUT2D eigenvalue weighted by atomic mass is 9.87. The van der Waals surface area contributed by atoms with Crippen LogP contribution in [0.25, 0.3) is 11.0 Å². The molecule has 1 aromatic carbocycles. The van der Waals surface area contributed by atoms with E-state index in [1.165, 1.54) is 25.7 Å². The van der Waals surface area contributed by atoms with E-state index in [1.54, 1.807) is 0 Å². The SMILES string of the molecule is CC1CCC(Nc2ccc3n[nH]nc3c2)CC1. The van der Waals surface area contributed by atoms with Crippen LogP contribution in [-0.4, -0.2) is 21.5 Å². The minimum atomic E-state index is 0.621. The first-order valence-corrected chi connectivity index (χ1v) is 6.38. The van der Waals surface area contributed by atoms with Gasteiger partial charge in [-0.05, 0) is 49.8 Å². The topological polar surface area (TPSA) is 53.6 Å². The van der Waals surface area contributed by atoms with Crippen LogP contribution in [0.1, 0.15) is 32.6 Å². The standard InChI is InChI=1S/C13H18N4/c1-9-2-4-10(5-3-9)14-11-6-7-12-13(8-11)16-17-15-12/h6-10,14H,2-5H2,1H3,(H,15,16,17). The highest BCUT2D eigenvalue weighted by molar-refractivity contribution is 5.77. The molecule has 0 amide bonds. The lowest BCUT2D eigenvalue weighted by Gasteiger charge is -2.27. The van der Waals surface area contributed by atoms with Gasteiger partial charge >= 0.3 is 0 Å². The van der Waals surface area contributed by atoms with E-state index in [0.29, 0.717) is 6.04 Å². The van der Waals surface area contributed by atoms with Crippen molar-refractivity contribution in [1.29, 1.82) is 0 Å². The summed E-state index contributed by atoms with van der Waals surface area (Å²) in [5.74, 6) is 0.895. The van der Waals surface area contributed by atoms with Gasteiger partial charge in [0, 0.05) is 11.7 Å². The molecule has 1 saturated carbocycles. The number of anilines is 1. The first kappa shape index (κ1) is 10.6. The van der Waals surface area contributed by atoms with Gasteiger partial charge in [-0.3, -0.25) is 0 Å². The monoisotopic (exact) mass is 230 g/mol. The molecule has 90 valence electrons. The normalized spacial score (nSPS) is 25.0. The second-order valence-electron chi connectivity index (χ2n) is 5.13. The van der Waals surface area contributed by atoms with Crippen molar-refractivity contribution in [3.8, 4) is 0 Å². The second-order valence-corrected chi connectivity index (χ2v) is 5.13. The largest absolute Gasteiger partial charge is 0.382 e. The van der Waals surface area contributed by atoms with Crippen molar-refractivity contribution in [2.24, 2.45) is 5.92 Å².